The number of thiocarbonyl (C=S) groups is 2. The summed E-state index contributed by atoms with van der Waals surface area (Å²) in [7, 11) is 7.75. The number of imidazole rings is 4. The number of rotatable bonds is 0. The topological polar surface area (TPSA) is 116 Å². The Morgan fingerprint density at radius 1 is 0.548 bits per heavy atom. The molecule has 10 nitrogen and oxygen atoms in total. The van der Waals surface area contributed by atoms with E-state index in [1.165, 1.54) is 10.3 Å². The molecule has 0 bridgehead atoms. The molecule has 0 saturated heterocycles. The van der Waals surface area contributed by atoms with E-state index in [0.29, 0.717) is 0 Å². The van der Waals surface area contributed by atoms with Gasteiger partial charge < -0.3 is 29.1 Å². The van der Waals surface area contributed by atoms with Crippen LogP contribution in [0.1, 0.15) is 0 Å². The van der Waals surface area contributed by atoms with Gasteiger partial charge in [0.05, 0.1) is 25.3 Å². The molecule has 4 aromatic rings. The van der Waals surface area contributed by atoms with Gasteiger partial charge in [-0.15, -0.1) is 0 Å². The van der Waals surface area contributed by atoms with Crippen LogP contribution in [0.5, 0.6) is 0 Å². The predicted octanol–water partition coefficient (Wildman–Crippen LogP) is 3.00. The maximum atomic E-state index is 7.13. The third-order valence-corrected chi connectivity index (χ3v) is 2.55. The molecule has 0 fully saturated rings. The van der Waals surface area contributed by atoms with Gasteiger partial charge in [-0.25, -0.2) is 19.9 Å². The Morgan fingerprint density at radius 2 is 0.710 bits per heavy atom. The fourth-order valence-electron chi connectivity index (χ4n) is 1.30. The quantitative estimate of drug-likeness (QED) is 0.187. The number of isothiocyanates is 2. The molecule has 4 rings (SSSR count). The summed E-state index contributed by atoms with van der Waals surface area (Å²) in [6, 6.07) is 0. The van der Waals surface area contributed by atoms with Gasteiger partial charge in [0.2, 0.25) is 0 Å². The molecule has 0 aliphatic rings. The minimum absolute atomic E-state index is 0. The van der Waals surface area contributed by atoms with Gasteiger partial charge in [0.15, 0.2) is 0 Å². The molecule has 4 aromatic heterocycles. The Labute approximate surface area is 213 Å². The molecule has 0 aliphatic carbocycles. The van der Waals surface area contributed by atoms with E-state index in [0.717, 1.165) is 0 Å². The molecule has 0 amide bonds. The summed E-state index contributed by atoms with van der Waals surface area (Å²) >= 11 is 7.40. The zero-order valence-electron chi connectivity index (χ0n) is 17.9. The van der Waals surface area contributed by atoms with E-state index in [1.54, 1.807) is 50.1 Å². The fraction of sp³-hybridized carbons (Fsp3) is 0.222. The van der Waals surface area contributed by atoms with Gasteiger partial charge in [-0.05, 0) is 0 Å². The minimum atomic E-state index is 0. The van der Waals surface area contributed by atoms with E-state index in [1.807, 2.05) is 71.2 Å². The van der Waals surface area contributed by atoms with E-state index in [-0.39, 0.29) is 27.3 Å². The summed E-state index contributed by atoms with van der Waals surface area (Å²) in [4.78, 5) is 15.1. The van der Waals surface area contributed by atoms with Crippen molar-refractivity contribution in [2.24, 2.45) is 28.2 Å². The van der Waals surface area contributed by atoms with Crippen LogP contribution in [0.2, 0.25) is 0 Å². The summed E-state index contributed by atoms with van der Waals surface area (Å²) in [6.07, 6.45) is 21.6. The average molecular weight is 557 g/mol. The number of hydrogen-bond donors (Lipinski definition) is 0. The van der Waals surface area contributed by atoms with Crippen LogP contribution < -0.4 is 0 Å². The molecule has 0 aliphatic heterocycles. The summed E-state index contributed by atoms with van der Waals surface area (Å²) in [5.41, 5.74) is 0. The smallest absolute Gasteiger partial charge is 0.753 e. The molecule has 4 heterocycles. The van der Waals surface area contributed by atoms with Crippen molar-refractivity contribution in [1.29, 1.82) is 0 Å². The van der Waals surface area contributed by atoms with Crippen LogP contribution in [0.15, 0.2) is 74.9 Å². The Bertz CT molecular complexity index is 737. The van der Waals surface area contributed by atoms with Crippen molar-refractivity contribution < 1.29 is 27.3 Å². The molecule has 0 aromatic carbocycles. The van der Waals surface area contributed by atoms with Crippen molar-refractivity contribution in [3.8, 4) is 0 Å². The summed E-state index contributed by atoms with van der Waals surface area (Å²) in [6.45, 7) is 0. The average Bonchev–Trinajstić information content (AvgIpc) is 3.49. The summed E-state index contributed by atoms with van der Waals surface area (Å²) in [5, 5.41) is 16.9. The number of aryl methyl sites for hydroxylation is 4. The minimum Gasteiger partial charge on any atom is -0.753 e. The Kier molecular flexibility index (Phi) is 27.0. The van der Waals surface area contributed by atoms with Crippen LogP contribution in [-0.2, 0) is 55.5 Å². The van der Waals surface area contributed by atoms with E-state index < -0.39 is 0 Å². The monoisotopic (exact) mass is 558 g/mol. The second kappa shape index (κ2) is 25.4. The third kappa shape index (κ3) is 27.4. The van der Waals surface area contributed by atoms with Crippen molar-refractivity contribution >= 4 is 34.8 Å². The van der Waals surface area contributed by atoms with Crippen molar-refractivity contribution in [3.63, 3.8) is 0 Å². The van der Waals surface area contributed by atoms with Gasteiger partial charge in [0.25, 0.3) is 0 Å². The molecule has 0 unspecified atom stereocenters. The van der Waals surface area contributed by atoms with Gasteiger partial charge in [0, 0.05) is 77.8 Å². The Morgan fingerprint density at radius 3 is 0.742 bits per heavy atom. The van der Waals surface area contributed by atoms with Gasteiger partial charge in [-0.2, -0.15) is 10.3 Å². The van der Waals surface area contributed by atoms with Crippen LogP contribution in [-0.4, -0.2) is 48.5 Å². The van der Waals surface area contributed by atoms with E-state index in [2.05, 4.69) is 44.4 Å². The van der Waals surface area contributed by atoms with Crippen LogP contribution in [0.25, 0.3) is 10.8 Å². The summed E-state index contributed by atoms with van der Waals surface area (Å²) in [5.74, 6) is 0. The molecule has 160 valence electrons. The molecular weight excluding hydrogens is 533 g/mol. The first-order valence-electron chi connectivity index (χ1n) is 8.11. The normalized spacial score (nSPS) is 7.35. The maximum Gasteiger partial charge on any atom is 2.00 e. The first kappa shape index (κ1) is 33.0. The summed E-state index contributed by atoms with van der Waals surface area (Å²) < 4.78 is 7.56. The molecular formula is C18H24CdN10S2. The maximum absolute atomic E-state index is 7.13. The van der Waals surface area contributed by atoms with Gasteiger partial charge in [-0.3, -0.25) is 0 Å². The van der Waals surface area contributed by atoms with Gasteiger partial charge >= 0.3 is 27.3 Å². The van der Waals surface area contributed by atoms with E-state index in [4.69, 9.17) is 10.8 Å². The van der Waals surface area contributed by atoms with E-state index in [9.17, 15) is 0 Å². The zero-order chi connectivity index (χ0) is 23.0. The molecule has 31 heavy (non-hydrogen) atoms. The molecule has 0 saturated carbocycles. The largest absolute Gasteiger partial charge is 2.00 e. The molecule has 13 heteroatoms. The van der Waals surface area contributed by atoms with Crippen molar-refractivity contribution in [3.05, 3.63) is 85.7 Å². The first-order valence-corrected chi connectivity index (χ1v) is 8.93. The number of hydrogen-bond acceptors (Lipinski definition) is 6. The number of aromatic nitrogens is 8. The molecule has 0 atom stereocenters. The molecule has 0 spiro atoms. The number of nitrogens with zero attached hydrogens (tertiary/aromatic N) is 10. The standard InChI is InChI=1S/4C4H6N2.2CNS.Cd/c4*1-6-3-2-5-4-6;2*2-1-3;/h4*2-4H,1H3;;;/q;;;;2*-1;+2. The van der Waals surface area contributed by atoms with Gasteiger partial charge in [0.1, 0.15) is 0 Å². The van der Waals surface area contributed by atoms with Crippen LogP contribution >= 0.6 is 24.4 Å². The molecule has 0 N–H and O–H groups in total. The van der Waals surface area contributed by atoms with Gasteiger partial charge in [-0.1, -0.05) is 24.4 Å². The van der Waals surface area contributed by atoms with Crippen molar-refractivity contribution in [2.75, 3.05) is 0 Å². The third-order valence-electron chi connectivity index (χ3n) is 2.55. The van der Waals surface area contributed by atoms with E-state index >= 15 is 0 Å². The van der Waals surface area contributed by atoms with Crippen molar-refractivity contribution in [2.45, 2.75) is 0 Å². The van der Waals surface area contributed by atoms with Crippen LogP contribution in [0.3, 0.4) is 0 Å². The SMILES string of the molecule is Cn1ccnc1.Cn1ccnc1.Cn1ccnc1.Cn1ccnc1.[Cd+2].[N-]=C=S.[N-]=C=S. The second-order valence-corrected chi connectivity index (χ2v) is 5.46. The van der Waals surface area contributed by atoms with Crippen LogP contribution in [0, 0.1) is 0 Å². The van der Waals surface area contributed by atoms with Crippen LogP contribution in [0.4, 0.5) is 0 Å². The Balaban J connectivity index is -0.000000309. The molecule has 0 radical (unpaired) electrons. The zero-order valence-corrected chi connectivity index (χ0v) is 23.6. The first-order chi connectivity index (χ1) is 14.4. The fourth-order valence-corrected chi connectivity index (χ4v) is 1.30. The second-order valence-electron chi connectivity index (χ2n) is 5.10. The Hall–Kier alpha value is -2.64. The predicted molar refractivity (Wildman–Crippen MR) is 125 cm³/mol. The van der Waals surface area contributed by atoms with Crippen molar-refractivity contribution in [1.82, 2.24) is 38.2 Å².